The Morgan fingerprint density at radius 3 is 2.53 bits per heavy atom. The van der Waals surface area contributed by atoms with Gasteiger partial charge in [-0.2, -0.15) is 0 Å². The predicted octanol–water partition coefficient (Wildman–Crippen LogP) is 12.4. The number of furan rings is 1. The van der Waals surface area contributed by atoms with Gasteiger partial charge in [0.05, 0.1) is 18.8 Å². The van der Waals surface area contributed by atoms with E-state index in [0.29, 0.717) is 90.6 Å². The van der Waals surface area contributed by atoms with Crippen LogP contribution >= 0.6 is 21.6 Å². The van der Waals surface area contributed by atoms with Crippen LogP contribution < -0.4 is 26.8 Å². The summed E-state index contributed by atoms with van der Waals surface area (Å²) in [5, 5.41) is 71.9. The maximum Gasteiger partial charge on any atom is 0.189 e. The molecular formula is C72H104N6O8S2. The third-order valence-corrected chi connectivity index (χ3v) is 26.1. The maximum absolute atomic E-state index is 12.0. The molecule has 3 heterocycles. The molecule has 8 aliphatic carbocycles. The van der Waals surface area contributed by atoms with Gasteiger partial charge >= 0.3 is 0 Å². The smallest absolute Gasteiger partial charge is 0.189 e. The zero-order chi connectivity index (χ0) is 61.1. The van der Waals surface area contributed by atoms with Crippen molar-refractivity contribution in [1.29, 1.82) is 0 Å². The van der Waals surface area contributed by atoms with Crippen LogP contribution in [0.3, 0.4) is 0 Å². The summed E-state index contributed by atoms with van der Waals surface area (Å²) in [6, 6.07) is 18.1. The molecule has 0 amide bonds. The minimum absolute atomic E-state index is 0.0201. The number of rotatable bonds is 21. The maximum atomic E-state index is 12.0. The standard InChI is InChI=1S/C72H104N6O8S2/c1-43-15-21-54-49-31-45(17-22-55(54)57(59(73)36-49)41-87-88-42-62(43)78-70(74)76-51-11-5-9-47(33-51)48-10-6-12-52(82)34-48)19-24-65-50(39-80)35-53(86-65)20-16-46-18-23-63(83)66(32-46)85-40-64(84)61-37-56-68(60(13-8-30-79)75-38-44(2)81)72-28-7-14-67(72)71(26-3-4-27-71)58(25-29-72)69(56)77-61/h6,10,12,18,23,25,29,32,34-35,37,43-45,47,49,51,54-55,57-60,62,64,67-68,75,77,79-84H,3-5,7-9,11,13-17,19-22,24,26-28,30-31,33,36,38-42,73H2,1-2H3,(H3,74,76,78)/t43-,44-,45-,47-,49+,51-,54-,55+,57+,58+,59+,60+,62+,64-,67+,68+,72+/m0/s1. The van der Waals surface area contributed by atoms with Gasteiger partial charge in [-0.3, -0.25) is 0 Å². The molecule has 6 fully saturated rings. The van der Waals surface area contributed by atoms with Gasteiger partial charge in [-0.1, -0.05) is 91.0 Å². The lowest BCUT2D eigenvalue weighted by Gasteiger charge is -2.53. The number of allylic oxidation sites excluding steroid dienone is 2. The zero-order valence-corrected chi connectivity index (χ0v) is 54.1. The van der Waals surface area contributed by atoms with E-state index in [0.717, 1.165) is 104 Å². The van der Waals surface area contributed by atoms with Gasteiger partial charge < -0.3 is 66.9 Å². The van der Waals surface area contributed by atoms with Crippen LogP contribution in [0.5, 0.6) is 17.2 Å². The molecule has 6 bridgehead atoms. The Balaban J connectivity index is 0.662. The number of phenolic OH excluding ortho intramolecular Hbond substituents is 2. The number of aryl methyl sites for hydroxylation is 3. The number of H-pyrrole nitrogens is 1. The fourth-order valence-corrected chi connectivity index (χ4v) is 22.3. The average molecular weight is 1250 g/mol. The van der Waals surface area contributed by atoms with E-state index in [1.54, 1.807) is 12.1 Å². The lowest BCUT2D eigenvalue weighted by Crippen LogP contribution is -2.50. The Bertz CT molecular complexity index is 3010. The van der Waals surface area contributed by atoms with Crippen molar-refractivity contribution in [2.24, 2.45) is 68.7 Å². The van der Waals surface area contributed by atoms with E-state index in [2.05, 4.69) is 46.8 Å². The molecule has 13 N–H and O–H groups in total. The van der Waals surface area contributed by atoms with Gasteiger partial charge in [-0.15, -0.1) is 0 Å². The number of nitrogens with one attached hydrogen (secondary N) is 3. The quantitative estimate of drug-likeness (QED) is 0.0161. The molecule has 14 nitrogen and oxygen atoms in total. The first-order chi connectivity index (χ1) is 42.7. The van der Waals surface area contributed by atoms with Gasteiger partial charge in [-0.05, 0) is 216 Å². The van der Waals surface area contributed by atoms with Gasteiger partial charge in [0, 0.05) is 89.8 Å². The molecule has 1 aliphatic heterocycles. The monoisotopic (exact) mass is 1240 g/mol. The number of phenols is 2. The Morgan fingerprint density at radius 2 is 1.72 bits per heavy atom. The number of nitrogens with zero attached hydrogens (tertiary/aromatic N) is 1. The van der Waals surface area contributed by atoms with Gasteiger partial charge in [0.2, 0.25) is 0 Å². The Hall–Kier alpha value is -4.13. The molecule has 17 atom stereocenters. The number of guanidine groups is 1. The molecule has 482 valence electrons. The number of ether oxygens (including phenoxy) is 1. The van der Waals surface area contributed by atoms with Crippen LogP contribution in [0, 0.1) is 52.3 Å². The van der Waals surface area contributed by atoms with E-state index in [4.69, 9.17) is 25.6 Å². The van der Waals surface area contributed by atoms with Crippen molar-refractivity contribution in [1.82, 2.24) is 15.6 Å². The summed E-state index contributed by atoms with van der Waals surface area (Å²) in [5.41, 5.74) is 20.3. The largest absolute Gasteiger partial charge is 0.508 e. The van der Waals surface area contributed by atoms with Crippen molar-refractivity contribution in [3.63, 3.8) is 0 Å². The molecule has 2 aromatic carbocycles. The first-order valence-electron chi connectivity index (χ1n) is 34.4. The first kappa shape index (κ1) is 64.0. The highest BCUT2D eigenvalue weighted by atomic mass is 33.1. The highest BCUT2D eigenvalue weighted by Gasteiger charge is 2.65. The van der Waals surface area contributed by atoms with Crippen molar-refractivity contribution in [3.8, 4) is 17.2 Å². The molecule has 1 saturated heterocycles. The molecule has 2 aromatic heterocycles. The number of aliphatic hydroxyl groups is 4. The van der Waals surface area contributed by atoms with Gasteiger partial charge in [-0.25, -0.2) is 4.99 Å². The molecule has 0 unspecified atom stereocenters. The van der Waals surface area contributed by atoms with Crippen LogP contribution in [-0.2, 0) is 25.9 Å². The molecule has 4 aromatic rings. The number of aromatic amines is 1. The molecule has 9 aliphatic rings. The Kier molecular flexibility index (Phi) is 20.6. The number of aliphatic imine (C=N–C) groups is 1. The minimum Gasteiger partial charge on any atom is -0.508 e. The Morgan fingerprint density at radius 1 is 0.875 bits per heavy atom. The third kappa shape index (κ3) is 13.7. The van der Waals surface area contributed by atoms with E-state index in [9.17, 15) is 30.6 Å². The fourth-order valence-electron chi connectivity index (χ4n) is 19.5. The summed E-state index contributed by atoms with van der Waals surface area (Å²) in [6.45, 7) is 4.70. The number of benzene rings is 2. The SMILES string of the molecule is C[C@H](O)CN[C@H](CCCO)[C@H]1c2cc([C@@H](O)COc3cc(CCc4cc(CO)c(CC[C@@H]5CC[C@H]6[C@H]7CSSC[C@@H](N=C(N)N[C@H]8CCC[C@H](c9cccc(O)c9)C8)[C@@H](C)CC[C@H]6[C@H](C5)C[C@H]7N)o4)ccc3O)[nH]c2[C@H]2C=C[C@@]13CCC[C@@H]3C21CCCC1. The summed E-state index contributed by atoms with van der Waals surface area (Å²) in [4.78, 5) is 9.04. The average Bonchev–Trinajstić information content (AvgIpc) is 1.55. The predicted molar refractivity (Wildman–Crippen MR) is 354 cm³/mol. The second-order valence-corrected chi connectivity index (χ2v) is 31.5. The normalized spacial score (nSPS) is 33.0. The second kappa shape index (κ2) is 28.4. The highest BCUT2D eigenvalue weighted by molar-refractivity contribution is 8.76. The van der Waals surface area contributed by atoms with Gasteiger partial charge in [0.25, 0.3) is 0 Å². The molecule has 13 rings (SSSR count). The second-order valence-electron chi connectivity index (χ2n) is 29.0. The van der Waals surface area contributed by atoms with E-state index >= 15 is 0 Å². The molecule has 2 spiro atoms. The van der Waals surface area contributed by atoms with E-state index in [1.807, 2.05) is 58.8 Å². The number of hydrogen-bond acceptors (Lipinski definition) is 13. The van der Waals surface area contributed by atoms with Crippen LogP contribution in [0.1, 0.15) is 211 Å². The number of hydrogen-bond donors (Lipinski definition) is 11. The third-order valence-electron chi connectivity index (χ3n) is 23.7. The van der Waals surface area contributed by atoms with Crippen LogP contribution in [0.2, 0.25) is 0 Å². The lowest BCUT2D eigenvalue weighted by molar-refractivity contribution is 0.0338. The number of aromatic hydroxyl groups is 2. The first-order valence-corrected chi connectivity index (χ1v) is 36.9. The van der Waals surface area contributed by atoms with E-state index < -0.39 is 12.2 Å². The summed E-state index contributed by atoms with van der Waals surface area (Å²) in [5.74, 6) is 9.67. The van der Waals surface area contributed by atoms with Crippen molar-refractivity contribution in [2.45, 2.75) is 222 Å². The number of nitrogens with two attached hydrogens (primary N) is 2. The van der Waals surface area contributed by atoms with Crippen LogP contribution in [0.4, 0.5) is 0 Å². The van der Waals surface area contributed by atoms with Crippen molar-refractivity contribution in [3.05, 3.63) is 112 Å². The van der Waals surface area contributed by atoms with Gasteiger partial charge in [0.1, 0.15) is 30.0 Å². The summed E-state index contributed by atoms with van der Waals surface area (Å²) in [7, 11) is 3.95. The molecule has 88 heavy (non-hydrogen) atoms. The fraction of sp³-hybridized carbons (Fsp3) is 0.681. The summed E-state index contributed by atoms with van der Waals surface area (Å²) < 4.78 is 12.9. The van der Waals surface area contributed by atoms with E-state index in [1.165, 1.54) is 81.0 Å². The number of aromatic nitrogens is 1. The topological polar surface area (TPSA) is 248 Å². The highest BCUT2D eigenvalue weighted by Crippen LogP contribution is 2.73. The Labute approximate surface area is 531 Å². The zero-order valence-electron chi connectivity index (χ0n) is 52.5. The minimum atomic E-state index is -0.970. The van der Waals surface area contributed by atoms with Crippen LogP contribution in [0.15, 0.2) is 76.2 Å². The van der Waals surface area contributed by atoms with Crippen molar-refractivity contribution >= 4 is 27.5 Å². The van der Waals surface area contributed by atoms with Crippen LogP contribution in [0.25, 0.3) is 0 Å². The molecule has 0 radical (unpaired) electrons. The van der Waals surface area contributed by atoms with Crippen LogP contribution in [-0.4, -0.2) is 103 Å². The molecular weight excluding hydrogens is 1140 g/mol. The number of aliphatic hydroxyl groups excluding tert-OH is 4. The van der Waals surface area contributed by atoms with E-state index in [-0.39, 0.29) is 72.4 Å². The lowest BCUT2D eigenvalue weighted by atomic mass is 9.51. The summed E-state index contributed by atoms with van der Waals surface area (Å²) in [6.07, 6.45) is 27.9. The molecule has 5 saturated carbocycles. The summed E-state index contributed by atoms with van der Waals surface area (Å²) >= 11 is 0. The van der Waals surface area contributed by atoms with Gasteiger partial charge in [0.15, 0.2) is 17.5 Å². The van der Waals surface area contributed by atoms with Crippen molar-refractivity contribution < 1.29 is 39.8 Å². The van der Waals surface area contributed by atoms with Crippen molar-refractivity contribution in [2.75, 3.05) is 31.3 Å². The molecule has 16 heteroatoms.